The van der Waals surface area contributed by atoms with E-state index in [1.165, 1.54) is 18.2 Å². The molecule has 0 aliphatic rings. The Hall–Kier alpha value is -2.02. The Balaban J connectivity index is 1.60. The molecule has 3 rings (SSSR count). The first kappa shape index (κ1) is 21.7. The summed E-state index contributed by atoms with van der Waals surface area (Å²) >= 11 is 5.31. The van der Waals surface area contributed by atoms with E-state index < -0.39 is 9.84 Å². The first-order valence-electron chi connectivity index (χ1n) is 8.02. The Morgan fingerprint density at radius 2 is 1.97 bits per heavy atom. The number of nitrogens with two attached hydrogens (primary N) is 1. The number of halogens is 2. The number of thiophene rings is 1. The van der Waals surface area contributed by atoms with Gasteiger partial charge in [-0.3, -0.25) is 4.79 Å². The van der Waals surface area contributed by atoms with Crippen molar-refractivity contribution < 1.29 is 17.6 Å². The Morgan fingerprint density at radius 3 is 2.59 bits per heavy atom. The minimum absolute atomic E-state index is 0.0185. The molecule has 0 unspecified atom stereocenters. The van der Waals surface area contributed by atoms with Crippen LogP contribution in [0, 0.1) is 5.82 Å². The van der Waals surface area contributed by atoms with Gasteiger partial charge in [0.2, 0.25) is 15.7 Å². The van der Waals surface area contributed by atoms with Crippen molar-refractivity contribution in [3.05, 3.63) is 57.8 Å². The van der Waals surface area contributed by atoms with Crippen molar-refractivity contribution in [1.82, 2.24) is 15.3 Å². The second kappa shape index (κ2) is 9.20. The fourth-order valence-corrected chi connectivity index (χ4v) is 6.23. The van der Waals surface area contributed by atoms with Gasteiger partial charge >= 0.3 is 0 Å². The van der Waals surface area contributed by atoms with E-state index in [0.29, 0.717) is 3.79 Å². The van der Waals surface area contributed by atoms with Gasteiger partial charge < -0.3 is 11.1 Å². The molecule has 0 fully saturated rings. The van der Waals surface area contributed by atoms with Gasteiger partial charge in [0, 0.05) is 6.54 Å². The smallest absolute Gasteiger partial charge is 0.230 e. The quantitative estimate of drug-likeness (QED) is 0.365. The Bertz CT molecular complexity index is 1140. The highest BCUT2D eigenvalue weighted by Gasteiger charge is 2.24. The summed E-state index contributed by atoms with van der Waals surface area (Å²) in [5.74, 6) is -0.784. The van der Waals surface area contributed by atoms with Gasteiger partial charge in [-0.1, -0.05) is 23.9 Å². The van der Waals surface area contributed by atoms with Gasteiger partial charge in [-0.15, -0.1) is 11.3 Å². The normalized spacial score (nSPS) is 11.4. The summed E-state index contributed by atoms with van der Waals surface area (Å²) in [7, 11) is -3.82. The Kier molecular flexibility index (Phi) is 6.88. The van der Waals surface area contributed by atoms with Gasteiger partial charge in [-0.2, -0.15) is 0 Å². The van der Waals surface area contributed by atoms with E-state index in [4.69, 9.17) is 5.73 Å². The zero-order chi connectivity index (χ0) is 21.0. The molecule has 0 bridgehead atoms. The fraction of sp³-hybridized carbons (Fsp3) is 0.118. The molecular formula is C17H14BrFN4O3S3. The van der Waals surface area contributed by atoms with Gasteiger partial charge in [0.05, 0.1) is 15.7 Å². The van der Waals surface area contributed by atoms with E-state index in [2.05, 4.69) is 31.2 Å². The molecule has 0 spiro atoms. The van der Waals surface area contributed by atoms with Crippen molar-refractivity contribution in [2.45, 2.75) is 20.8 Å². The summed E-state index contributed by atoms with van der Waals surface area (Å²) < 4.78 is 38.9. The molecule has 3 aromatic rings. The van der Waals surface area contributed by atoms with Gasteiger partial charge in [0.1, 0.15) is 20.7 Å². The van der Waals surface area contributed by atoms with Crippen LogP contribution in [0.25, 0.3) is 0 Å². The van der Waals surface area contributed by atoms with Gasteiger partial charge in [-0.05, 0) is 45.8 Å². The number of benzene rings is 1. The molecule has 12 heteroatoms. The van der Waals surface area contributed by atoms with E-state index in [9.17, 15) is 17.6 Å². The average Bonchev–Trinajstić information content (AvgIpc) is 3.13. The molecule has 0 saturated heterocycles. The lowest BCUT2D eigenvalue weighted by atomic mass is 10.2. The third-order valence-electron chi connectivity index (χ3n) is 3.60. The van der Waals surface area contributed by atoms with E-state index in [0.717, 1.165) is 34.9 Å². The summed E-state index contributed by atoms with van der Waals surface area (Å²) in [6, 6.07) is 8.89. The predicted molar refractivity (Wildman–Crippen MR) is 113 cm³/mol. The molecule has 2 heterocycles. The number of sulfone groups is 1. The van der Waals surface area contributed by atoms with Gasteiger partial charge in [0.15, 0.2) is 5.16 Å². The van der Waals surface area contributed by atoms with Crippen molar-refractivity contribution in [2.24, 2.45) is 0 Å². The van der Waals surface area contributed by atoms with Crippen LogP contribution in [-0.2, 0) is 21.2 Å². The molecule has 2 aromatic heterocycles. The minimum Gasteiger partial charge on any atom is -0.382 e. The number of amides is 1. The molecule has 1 amide bonds. The van der Waals surface area contributed by atoms with Gasteiger partial charge in [0.25, 0.3) is 0 Å². The maximum Gasteiger partial charge on any atom is 0.230 e. The van der Waals surface area contributed by atoms with Crippen LogP contribution in [0.2, 0.25) is 0 Å². The molecule has 1 aromatic carbocycles. The number of nitrogens with zero attached hydrogens (tertiary/aromatic N) is 2. The molecule has 0 aliphatic carbocycles. The highest BCUT2D eigenvalue weighted by Crippen LogP contribution is 2.32. The number of aromatic nitrogens is 2. The number of rotatable bonds is 7. The average molecular weight is 517 g/mol. The number of nitrogen functional groups attached to an aromatic ring is 1. The number of nitrogens with one attached hydrogen (secondary N) is 1. The Morgan fingerprint density at radius 1 is 1.24 bits per heavy atom. The lowest BCUT2D eigenvalue weighted by Gasteiger charge is -2.07. The lowest BCUT2D eigenvalue weighted by Crippen LogP contribution is -2.24. The third-order valence-corrected chi connectivity index (χ3v) is 8.35. The third kappa shape index (κ3) is 5.53. The number of hydrogen-bond acceptors (Lipinski definition) is 8. The standard InChI is InChI=1S/C17H14BrFN4O3S3/c18-13-5-6-15(28-13)29(25,26)12-8-22-17(23-16(12)20)27-9-14(24)21-7-10-1-3-11(19)4-2-10/h1-6,8H,7,9H2,(H,21,24)(H2,20,22,23). The monoisotopic (exact) mass is 516 g/mol. The van der Waals surface area contributed by atoms with Crippen LogP contribution in [0.15, 0.2) is 60.6 Å². The first-order chi connectivity index (χ1) is 13.8. The summed E-state index contributed by atoms with van der Waals surface area (Å²) in [5, 5.41) is 2.88. The van der Waals surface area contributed by atoms with Gasteiger partial charge in [-0.25, -0.2) is 22.8 Å². The Labute approximate surface area is 183 Å². The molecule has 0 atom stereocenters. The molecule has 152 valence electrons. The predicted octanol–water partition coefficient (Wildman–Crippen LogP) is 3.26. The summed E-state index contributed by atoms with van der Waals surface area (Å²) in [6.07, 6.45) is 1.14. The lowest BCUT2D eigenvalue weighted by molar-refractivity contribution is -0.118. The molecule has 0 saturated carbocycles. The highest BCUT2D eigenvalue weighted by molar-refractivity contribution is 9.11. The van der Waals surface area contributed by atoms with Crippen LogP contribution in [-0.4, -0.2) is 30.0 Å². The summed E-state index contributed by atoms with van der Waals surface area (Å²) in [6.45, 7) is 0.260. The van der Waals surface area contributed by atoms with Crippen LogP contribution in [0.4, 0.5) is 10.2 Å². The number of hydrogen-bond donors (Lipinski definition) is 2. The van der Waals surface area contributed by atoms with Crippen molar-refractivity contribution in [3.63, 3.8) is 0 Å². The summed E-state index contributed by atoms with van der Waals surface area (Å²) in [5.41, 5.74) is 6.59. The first-order valence-corrected chi connectivity index (χ1v) is 12.1. The van der Waals surface area contributed by atoms with Crippen molar-refractivity contribution >= 4 is 60.6 Å². The van der Waals surface area contributed by atoms with E-state index >= 15 is 0 Å². The zero-order valence-corrected chi connectivity index (χ0v) is 18.7. The van der Waals surface area contributed by atoms with Crippen LogP contribution in [0.1, 0.15) is 5.56 Å². The second-order valence-corrected chi connectivity index (χ2v) is 11.2. The maximum atomic E-state index is 12.9. The van der Waals surface area contributed by atoms with Crippen LogP contribution in [0.3, 0.4) is 0 Å². The van der Waals surface area contributed by atoms with Crippen LogP contribution in [0.5, 0.6) is 0 Å². The molecule has 0 aliphatic heterocycles. The minimum atomic E-state index is -3.82. The second-order valence-electron chi connectivity index (χ2n) is 5.66. The number of thioether (sulfide) groups is 1. The van der Waals surface area contributed by atoms with E-state index in [1.54, 1.807) is 18.2 Å². The fourth-order valence-electron chi connectivity index (χ4n) is 2.18. The largest absolute Gasteiger partial charge is 0.382 e. The zero-order valence-electron chi connectivity index (χ0n) is 14.6. The van der Waals surface area contributed by atoms with Crippen LogP contribution >= 0.6 is 39.0 Å². The SMILES string of the molecule is Nc1nc(SCC(=O)NCc2ccc(F)cc2)ncc1S(=O)(=O)c1ccc(Br)s1. The highest BCUT2D eigenvalue weighted by atomic mass is 79.9. The topological polar surface area (TPSA) is 115 Å². The van der Waals surface area contributed by atoms with Crippen molar-refractivity contribution in [2.75, 3.05) is 11.5 Å². The van der Waals surface area contributed by atoms with E-state index in [-0.39, 0.29) is 44.1 Å². The van der Waals surface area contributed by atoms with Crippen LogP contribution < -0.4 is 11.1 Å². The molecule has 0 radical (unpaired) electrons. The molecule has 29 heavy (non-hydrogen) atoms. The maximum absolute atomic E-state index is 12.9. The number of anilines is 1. The van der Waals surface area contributed by atoms with Crippen molar-refractivity contribution in [3.8, 4) is 0 Å². The van der Waals surface area contributed by atoms with Crippen molar-refractivity contribution in [1.29, 1.82) is 0 Å². The molecule has 7 nitrogen and oxygen atoms in total. The van der Waals surface area contributed by atoms with E-state index in [1.807, 2.05) is 0 Å². The molecule has 3 N–H and O–H groups in total. The number of carbonyl (C=O) groups is 1. The molecular weight excluding hydrogens is 503 g/mol. The summed E-state index contributed by atoms with van der Waals surface area (Å²) in [4.78, 5) is 19.8. The number of carbonyl (C=O) groups excluding carboxylic acids is 1.